The third-order valence-electron chi connectivity index (χ3n) is 3.04. The Morgan fingerprint density at radius 2 is 1.61 bits per heavy atom. The van der Waals surface area contributed by atoms with E-state index in [2.05, 4.69) is 15.9 Å². The van der Waals surface area contributed by atoms with Crippen molar-refractivity contribution >= 4 is 54.2 Å². The molecule has 1 atom stereocenters. The van der Waals surface area contributed by atoms with Gasteiger partial charge >= 0.3 is 0 Å². The molecule has 4 nitrogen and oxygen atoms in total. The molecule has 0 aliphatic heterocycles. The van der Waals surface area contributed by atoms with Crippen LogP contribution in [0.3, 0.4) is 0 Å². The van der Waals surface area contributed by atoms with Crippen molar-refractivity contribution in [2.24, 2.45) is 0 Å². The first-order valence-corrected chi connectivity index (χ1v) is 8.26. The maximum Gasteiger partial charge on any atom is 0.193 e. The molecule has 0 saturated carbocycles. The molecule has 0 spiro atoms. The van der Waals surface area contributed by atoms with Crippen molar-refractivity contribution < 1.29 is 19.0 Å². The number of rotatable bonds is 6. The number of hydrogen-bond donors (Lipinski definition) is 0. The molecule has 0 heterocycles. The first-order chi connectivity index (χ1) is 10.6. The van der Waals surface area contributed by atoms with E-state index in [0.717, 1.165) is 5.30 Å². The zero-order valence-corrected chi connectivity index (χ0v) is 16.1. The van der Waals surface area contributed by atoms with Crippen LogP contribution < -0.4 is 19.5 Å². The molecule has 1 unspecified atom stereocenters. The van der Waals surface area contributed by atoms with E-state index in [-0.39, 0.29) is 33.0 Å². The molecule has 0 amide bonds. The van der Waals surface area contributed by atoms with Crippen LogP contribution in [0.2, 0.25) is 0 Å². The average Bonchev–Trinajstić information content (AvgIpc) is 2.54. The minimum atomic E-state index is -0.0699. The summed E-state index contributed by atoms with van der Waals surface area (Å²) in [6, 6.07) is 11.3. The van der Waals surface area contributed by atoms with Crippen molar-refractivity contribution in [2.75, 3.05) is 21.3 Å². The van der Waals surface area contributed by atoms with Crippen molar-refractivity contribution in [1.29, 1.82) is 0 Å². The maximum atomic E-state index is 12.8. The van der Waals surface area contributed by atoms with Crippen molar-refractivity contribution in [3.8, 4) is 17.2 Å². The molecule has 0 aliphatic rings. The van der Waals surface area contributed by atoms with Gasteiger partial charge in [0, 0.05) is 24.9 Å². The number of benzene rings is 2. The molecule has 117 valence electrons. The molecule has 23 heavy (non-hydrogen) atoms. The summed E-state index contributed by atoms with van der Waals surface area (Å²) in [4.78, 5) is 12.8. The molecule has 7 heteroatoms. The average molecular weight is 390 g/mol. The summed E-state index contributed by atoms with van der Waals surface area (Å²) in [5.41, 5.74) is 0.318. The second-order valence-corrected chi connectivity index (χ2v) is 6.46. The van der Waals surface area contributed by atoms with Gasteiger partial charge in [0.2, 0.25) is 0 Å². The Labute approximate surface area is 158 Å². The van der Waals surface area contributed by atoms with Crippen LogP contribution in [0.4, 0.5) is 0 Å². The van der Waals surface area contributed by atoms with Crippen LogP contribution in [0.5, 0.6) is 17.2 Å². The van der Waals surface area contributed by atoms with E-state index in [0.29, 0.717) is 27.3 Å². The van der Waals surface area contributed by atoms with Gasteiger partial charge in [-0.05, 0) is 29.8 Å². The molecule has 0 aromatic heterocycles. The number of carbonyl (C=O) groups is 1. The molecule has 0 fully saturated rings. The van der Waals surface area contributed by atoms with Crippen LogP contribution in [0, 0.1) is 0 Å². The smallest absolute Gasteiger partial charge is 0.193 e. The monoisotopic (exact) mass is 389 g/mol. The van der Waals surface area contributed by atoms with E-state index in [1.165, 1.54) is 21.3 Å². The van der Waals surface area contributed by atoms with E-state index in [1.807, 2.05) is 30.3 Å². The molecule has 2 rings (SSSR count). The standard InChI is InChI=1S/C16H16BrO4P.Li/c1-19-12-9-11(17)14(20-2)13(15(12)21-3)16(18)22-10-7-5-4-6-8-10;/h4-9,22H,1-3H3;. The summed E-state index contributed by atoms with van der Waals surface area (Å²) in [5, 5.41) is 0.954. The van der Waals surface area contributed by atoms with Gasteiger partial charge in [0.05, 0.1) is 25.8 Å². The second-order valence-electron chi connectivity index (χ2n) is 4.32. The summed E-state index contributed by atoms with van der Waals surface area (Å²) in [6.07, 6.45) is 0. The Hall–Kier alpha value is -0.983. The van der Waals surface area contributed by atoms with E-state index in [1.54, 1.807) is 6.07 Å². The molecule has 0 N–H and O–H groups in total. The first-order valence-electron chi connectivity index (χ1n) is 6.47. The molecule has 0 saturated heterocycles. The molecular weight excluding hydrogens is 374 g/mol. The zero-order chi connectivity index (χ0) is 16.1. The van der Waals surface area contributed by atoms with Gasteiger partial charge in [-0.15, -0.1) is 0 Å². The normalized spacial score (nSPS) is 10.3. The third-order valence-corrected chi connectivity index (χ3v) is 4.73. The van der Waals surface area contributed by atoms with Gasteiger partial charge in [0.15, 0.2) is 17.0 Å². The fourth-order valence-electron chi connectivity index (χ4n) is 2.07. The van der Waals surface area contributed by atoms with E-state index < -0.39 is 0 Å². The molecule has 0 aliphatic carbocycles. The zero-order valence-electron chi connectivity index (χ0n) is 13.5. The Bertz CT molecular complexity index is 680. The summed E-state index contributed by atoms with van der Waals surface area (Å²) >= 11 is 3.41. The molecule has 0 bridgehead atoms. The molecule has 2 aromatic rings. The maximum absolute atomic E-state index is 12.8. The molecular formula is C16H16BrLiO4P. The number of halogens is 1. The van der Waals surface area contributed by atoms with Gasteiger partial charge in [-0.2, -0.15) is 0 Å². The largest absolute Gasteiger partial charge is 0.495 e. The van der Waals surface area contributed by atoms with Crippen molar-refractivity contribution in [2.45, 2.75) is 0 Å². The minimum absolute atomic E-state index is 0. The van der Waals surface area contributed by atoms with Crippen LogP contribution in [-0.4, -0.2) is 45.7 Å². The van der Waals surface area contributed by atoms with Crippen molar-refractivity contribution in [1.82, 2.24) is 0 Å². The Morgan fingerprint density at radius 3 is 2.13 bits per heavy atom. The van der Waals surface area contributed by atoms with Gasteiger partial charge in [0.1, 0.15) is 11.3 Å². The van der Waals surface area contributed by atoms with Gasteiger partial charge in [-0.1, -0.05) is 30.3 Å². The summed E-state index contributed by atoms with van der Waals surface area (Å²) in [6.45, 7) is 0. The van der Waals surface area contributed by atoms with Crippen LogP contribution in [0.15, 0.2) is 40.9 Å². The van der Waals surface area contributed by atoms with Gasteiger partial charge in [-0.3, -0.25) is 4.79 Å². The number of hydrogen-bond acceptors (Lipinski definition) is 4. The molecule has 2 aromatic carbocycles. The quantitative estimate of drug-likeness (QED) is 0.561. The summed E-state index contributed by atoms with van der Waals surface area (Å²) < 4.78 is 16.7. The Morgan fingerprint density at radius 1 is 1.00 bits per heavy atom. The number of carbonyl (C=O) groups excluding carboxylic acids is 1. The van der Waals surface area contributed by atoms with Gasteiger partial charge in [0.25, 0.3) is 0 Å². The van der Waals surface area contributed by atoms with E-state index in [4.69, 9.17) is 14.2 Å². The second kappa shape index (κ2) is 9.35. The van der Waals surface area contributed by atoms with Crippen LogP contribution in [-0.2, 0) is 0 Å². The topological polar surface area (TPSA) is 44.8 Å². The fraction of sp³-hybridized carbons (Fsp3) is 0.188. The SMILES string of the molecule is COc1cc(Br)c(OC)c(C(=O)Pc2ccccc2)c1OC.[Li]. The number of ether oxygens (including phenoxy) is 3. The van der Waals surface area contributed by atoms with Gasteiger partial charge < -0.3 is 14.2 Å². The molecule has 1 radical (unpaired) electrons. The van der Waals surface area contributed by atoms with Gasteiger partial charge in [-0.25, -0.2) is 0 Å². The third kappa shape index (κ3) is 4.52. The minimum Gasteiger partial charge on any atom is -0.495 e. The van der Waals surface area contributed by atoms with Crippen molar-refractivity contribution in [3.05, 3.63) is 46.4 Å². The predicted molar refractivity (Wildman–Crippen MR) is 98.3 cm³/mol. The predicted octanol–water partition coefficient (Wildman–Crippen LogP) is 3.24. The first kappa shape index (κ1) is 20.1. The van der Waals surface area contributed by atoms with E-state index in [9.17, 15) is 4.79 Å². The fourth-order valence-corrected chi connectivity index (χ4v) is 3.61. The van der Waals surface area contributed by atoms with Crippen molar-refractivity contribution in [3.63, 3.8) is 0 Å². The van der Waals surface area contributed by atoms with E-state index >= 15 is 0 Å². The van der Waals surface area contributed by atoms with Crippen LogP contribution in [0.1, 0.15) is 10.4 Å². The van der Waals surface area contributed by atoms with Crippen LogP contribution >= 0.6 is 24.5 Å². The Balaban J connectivity index is 0.00000264. The number of methoxy groups -OCH3 is 3. The summed E-state index contributed by atoms with van der Waals surface area (Å²) in [5.74, 6) is 1.32. The Kier molecular flexibility index (Phi) is 8.15. The summed E-state index contributed by atoms with van der Waals surface area (Å²) in [7, 11) is 4.54. The van der Waals surface area contributed by atoms with Crippen LogP contribution in [0.25, 0.3) is 0 Å².